The number of benzene rings is 1. The Bertz CT molecular complexity index is 754. The van der Waals surface area contributed by atoms with Gasteiger partial charge in [0, 0.05) is 26.1 Å². The third kappa shape index (κ3) is 6.46. The Kier molecular flexibility index (Phi) is 7.87. The molecule has 2 heterocycles. The van der Waals surface area contributed by atoms with E-state index in [4.69, 9.17) is 9.15 Å². The van der Waals surface area contributed by atoms with Crippen LogP contribution in [0.5, 0.6) is 0 Å². The molecule has 29 heavy (non-hydrogen) atoms. The molecule has 2 amide bonds. The number of rotatable bonds is 10. The molecule has 0 bridgehead atoms. The molecule has 0 radical (unpaired) electrons. The molecule has 6 heteroatoms. The molecule has 1 saturated heterocycles. The van der Waals surface area contributed by atoms with Gasteiger partial charge in [0.1, 0.15) is 5.76 Å². The van der Waals surface area contributed by atoms with Gasteiger partial charge in [-0.1, -0.05) is 37.3 Å². The van der Waals surface area contributed by atoms with Crippen molar-refractivity contribution in [3.05, 3.63) is 60.1 Å². The van der Waals surface area contributed by atoms with Crippen LogP contribution in [0.1, 0.15) is 43.9 Å². The Labute approximate surface area is 172 Å². The predicted molar refractivity (Wildman–Crippen MR) is 110 cm³/mol. The van der Waals surface area contributed by atoms with Crippen LogP contribution in [0, 0.1) is 0 Å². The van der Waals surface area contributed by atoms with Gasteiger partial charge in [-0.2, -0.15) is 0 Å². The van der Waals surface area contributed by atoms with Crippen molar-refractivity contribution in [3.8, 4) is 0 Å². The van der Waals surface area contributed by atoms with Crippen LogP contribution in [0.4, 0.5) is 0 Å². The Hall–Kier alpha value is -2.60. The van der Waals surface area contributed by atoms with Crippen molar-refractivity contribution >= 4 is 11.8 Å². The van der Waals surface area contributed by atoms with Crippen LogP contribution in [-0.4, -0.2) is 47.4 Å². The van der Waals surface area contributed by atoms with Crippen LogP contribution in [-0.2, 0) is 27.4 Å². The average Bonchev–Trinajstić information content (AvgIpc) is 3.42. The first-order valence-corrected chi connectivity index (χ1v) is 10.4. The molecular formula is C23H30N2O4. The normalized spacial score (nSPS) is 16.0. The highest BCUT2D eigenvalue weighted by Gasteiger charge is 2.26. The van der Waals surface area contributed by atoms with Gasteiger partial charge in [0.2, 0.25) is 11.8 Å². The van der Waals surface area contributed by atoms with E-state index in [1.807, 2.05) is 49.4 Å². The lowest BCUT2D eigenvalue weighted by Gasteiger charge is -2.29. The molecule has 0 spiro atoms. The maximum Gasteiger partial charge on any atom is 0.242 e. The Morgan fingerprint density at radius 3 is 2.52 bits per heavy atom. The second-order valence-electron chi connectivity index (χ2n) is 7.47. The molecule has 1 aliphatic rings. The summed E-state index contributed by atoms with van der Waals surface area (Å²) in [5, 5.41) is 0. The molecule has 0 N–H and O–H groups in total. The minimum Gasteiger partial charge on any atom is -0.467 e. The zero-order valence-corrected chi connectivity index (χ0v) is 17.1. The second kappa shape index (κ2) is 10.8. The van der Waals surface area contributed by atoms with E-state index in [-0.39, 0.29) is 24.5 Å². The van der Waals surface area contributed by atoms with Gasteiger partial charge in [-0.15, -0.1) is 0 Å². The first kappa shape index (κ1) is 21.1. The molecule has 1 atom stereocenters. The Balaban J connectivity index is 1.71. The number of nitrogens with zero attached hydrogens (tertiary/aromatic N) is 2. The standard InChI is InChI=1S/C23H30N2O4/c1-2-8-22(26)25(17-21-12-7-14-29-21)18-23(27)24(16-20-11-6-13-28-20)15-19-9-4-3-5-10-19/h3-6,9-11,13,21H,2,7-8,12,14-18H2,1H3. The lowest BCUT2D eigenvalue weighted by molar-refractivity contribution is -0.142. The van der Waals surface area contributed by atoms with E-state index >= 15 is 0 Å². The van der Waals surface area contributed by atoms with E-state index in [2.05, 4.69) is 0 Å². The zero-order chi connectivity index (χ0) is 20.5. The Morgan fingerprint density at radius 2 is 1.86 bits per heavy atom. The lowest BCUT2D eigenvalue weighted by atomic mass is 10.2. The van der Waals surface area contributed by atoms with Gasteiger partial charge in [-0.05, 0) is 37.0 Å². The van der Waals surface area contributed by atoms with Gasteiger partial charge in [-0.3, -0.25) is 9.59 Å². The van der Waals surface area contributed by atoms with Gasteiger partial charge in [-0.25, -0.2) is 0 Å². The number of amides is 2. The first-order chi connectivity index (χ1) is 14.2. The van der Waals surface area contributed by atoms with Crippen LogP contribution < -0.4 is 0 Å². The minimum absolute atomic E-state index is 0.00834. The van der Waals surface area contributed by atoms with Crippen molar-refractivity contribution in [2.45, 2.75) is 51.8 Å². The summed E-state index contributed by atoms with van der Waals surface area (Å²) < 4.78 is 11.2. The summed E-state index contributed by atoms with van der Waals surface area (Å²) in [4.78, 5) is 29.3. The van der Waals surface area contributed by atoms with Gasteiger partial charge < -0.3 is 19.0 Å². The molecule has 1 unspecified atom stereocenters. The molecule has 1 aliphatic heterocycles. The quantitative estimate of drug-likeness (QED) is 0.613. The third-order valence-electron chi connectivity index (χ3n) is 5.09. The fourth-order valence-corrected chi connectivity index (χ4v) is 3.55. The minimum atomic E-state index is -0.0901. The van der Waals surface area contributed by atoms with E-state index < -0.39 is 0 Å². The van der Waals surface area contributed by atoms with E-state index in [1.165, 1.54) is 0 Å². The lowest BCUT2D eigenvalue weighted by Crippen LogP contribution is -2.45. The molecule has 6 nitrogen and oxygen atoms in total. The summed E-state index contributed by atoms with van der Waals surface area (Å²) in [5.41, 5.74) is 1.04. The number of carbonyl (C=O) groups excluding carboxylic acids is 2. The van der Waals surface area contributed by atoms with E-state index in [1.54, 1.807) is 16.1 Å². The molecule has 1 aromatic carbocycles. The number of ether oxygens (including phenoxy) is 1. The smallest absolute Gasteiger partial charge is 0.242 e. The van der Waals surface area contributed by atoms with Crippen LogP contribution in [0.15, 0.2) is 53.1 Å². The van der Waals surface area contributed by atoms with Gasteiger partial charge in [0.25, 0.3) is 0 Å². The van der Waals surface area contributed by atoms with Crippen molar-refractivity contribution < 1.29 is 18.7 Å². The summed E-state index contributed by atoms with van der Waals surface area (Å²) in [6, 6.07) is 13.5. The Morgan fingerprint density at radius 1 is 1.03 bits per heavy atom. The molecule has 156 valence electrons. The topological polar surface area (TPSA) is 63.0 Å². The largest absolute Gasteiger partial charge is 0.467 e. The highest BCUT2D eigenvalue weighted by Crippen LogP contribution is 2.16. The van der Waals surface area contributed by atoms with Crippen molar-refractivity contribution in [1.82, 2.24) is 9.80 Å². The fourth-order valence-electron chi connectivity index (χ4n) is 3.55. The average molecular weight is 399 g/mol. The van der Waals surface area contributed by atoms with Crippen LogP contribution in [0.3, 0.4) is 0 Å². The van der Waals surface area contributed by atoms with Gasteiger partial charge in [0.15, 0.2) is 0 Å². The predicted octanol–water partition coefficient (Wildman–Crippen LogP) is 3.62. The monoisotopic (exact) mass is 398 g/mol. The molecule has 0 aliphatic carbocycles. The summed E-state index contributed by atoms with van der Waals surface area (Å²) in [6.45, 7) is 4.08. The number of hydrogen-bond donors (Lipinski definition) is 0. The van der Waals surface area contributed by atoms with E-state index in [0.717, 1.165) is 37.2 Å². The number of furan rings is 1. The van der Waals surface area contributed by atoms with E-state index in [0.29, 0.717) is 26.1 Å². The van der Waals surface area contributed by atoms with E-state index in [9.17, 15) is 9.59 Å². The van der Waals surface area contributed by atoms with Crippen LogP contribution in [0.2, 0.25) is 0 Å². The van der Waals surface area contributed by atoms with Crippen LogP contribution >= 0.6 is 0 Å². The number of carbonyl (C=O) groups is 2. The molecule has 1 aromatic heterocycles. The van der Waals surface area contributed by atoms with Crippen molar-refractivity contribution in [3.63, 3.8) is 0 Å². The number of hydrogen-bond acceptors (Lipinski definition) is 4. The SMILES string of the molecule is CCCC(=O)N(CC(=O)N(Cc1ccccc1)Cc1ccco1)CC1CCCO1. The van der Waals surface area contributed by atoms with Gasteiger partial charge >= 0.3 is 0 Å². The highest BCUT2D eigenvalue weighted by atomic mass is 16.5. The van der Waals surface area contributed by atoms with Crippen molar-refractivity contribution in [1.29, 1.82) is 0 Å². The molecule has 3 rings (SSSR count). The molecule has 1 fully saturated rings. The van der Waals surface area contributed by atoms with Crippen molar-refractivity contribution in [2.75, 3.05) is 19.7 Å². The molecule has 2 aromatic rings. The van der Waals surface area contributed by atoms with Gasteiger partial charge in [0.05, 0.1) is 25.5 Å². The first-order valence-electron chi connectivity index (χ1n) is 10.4. The summed E-state index contributed by atoms with van der Waals surface area (Å²) in [5.74, 6) is 0.640. The summed E-state index contributed by atoms with van der Waals surface area (Å²) >= 11 is 0. The van der Waals surface area contributed by atoms with Crippen LogP contribution in [0.25, 0.3) is 0 Å². The summed E-state index contributed by atoms with van der Waals surface area (Å²) in [7, 11) is 0. The molecule has 0 saturated carbocycles. The van der Waals surface area contributed by atoms with Crippen molar-refractivity contribution in [2.24, 2.45) is 0 Å². The summed E-state index contributed by atoms with van der Waals surface area (Å²) in [6.07, 6.45) is 4.77. The second-order valence-corrected chi connectivity index (χ2v) is 7.47. The zero-order valence-electron chi connectivity index (χ0n) is 17.1. The molecular weight excluding hydrogens is 368 g/mol. The maximum absolute atomic E-state index is 13.2. The third-order valence-corrected chi connectivity index (χ3v) is 5.09. The maximum atomic E-state index is 13.2. The highest BCUT2D eigenvalue weighted by molar-refractivity contribution is 5.84. The fraction of sp³-hybridized carbons (Fsp3) is 0.478.